The highest BCUT2D eigenvalue weighted by Crippen LogP contribution is 2.33. The average molecular weight is 346 g/mol. The molecule has 1 aliphatic carbocycles. The summed E-state index contributed by atoms with van der Waals surface area (Å²) in [5.41, 5.74) is 1.21. The van der Waals surface area contributed by atoms with Crippen LogP contribution in [-0.2, 0) is 24.2 Å². The molecule has 0 saturated carbocycles. The van der Waals surface area contributed by atoms with Gasteiger partial charge in [-0.25, -0.2) is 4.98 Å². The van der Waals surface area contributed by atoms with Gasteiger partial charge in [-0.15, -0.1) is 11.3 Å². The number of amides is 1. The molecular weight excluding hydrogens is 324 g/mol. The van der Waals surface area contributed by atoms with E-state index in [1.54, 1.807) is 22.2 Å². The van der Waals surface area contributed by atoms with Crippen LogP contribution in [0.25, 0.3) is 10.2 Å². The number of nitrogens with zero attached hydrogens (tertiary/aromatic N) is 2. The van der Waals surface area contributed by atoms with Crippen molar-refractivity contribution in [1.29, 1.82) is 0 Å². The molecule has 2 aromatic heterocycles. The quantitative estimate of drug-likeness (QED) is 0.849. The Balaban J connectivity index is 1.47. The SMILES string of the molecule is O=C(CCn1cnc2sc3c(c2c1=O)CCCC3)NCC1CNC1. The van der Waals surface area contributed by atoms with Crippen molar-refractivity contribution in [2.45, 2.75) is 38.6 Å². The lowest BCUT2D eigenvalue weighted by molar-refractivity contribution is -0.121. The van der Waals surface area contributed by atoms with Crippen molar-refractivity contribution >= 4 is 27.5 Å². The van der Waals surface area contributed by atoms with E-state index in [1.807, 2.05) is 0 Å². The van der Waals surface area contributed by atoms with Gasteiger partial charge in [-0.3, -0.25) is 14.2 Å². The Morgan fingerprint density at radius 1 is 1.38 bits per heavy atom. The Morgan fingerprint density at radius 2 is 2.21 bits per heavy atom. The highest BCUT2D eigenvalue weighted by atomic mass is 32.1. The maximum atomic E-state index is 12.8. The lowest BCUT2D eigenvalue weighted by atomic mass is 9.97. The van der Waals surface area contributed by atoms with Gasteiger partial charge >= 0.3 is 0 Å². The van der Waals surface area contributed by atoms with E-state index < -0.39 is 0 Å². The summed E-state index contributed by atoms with van der Waals surface area (Å²) < 4.78 is 1.59. The fourth-order valence-electron chi connectivity index (χ4n) is 3.40. The van der Waals surface area contributed by atoms with Crippen molar-refractivity contribution in [2.75, 3.05) is 19.6 Å². The van der Waals surface area contributed by atoms with Gasteiger partial charge in [0.15, 0.2) is 0 Å². The van der Waals surface area contributed by atoms with Crippen molar-refractivity contribution in [3.63, 3.8) is 0 Å². The number of hydrogen-bond acceptors (Lipinski definition) is 5. The molecule has 1 fully saturated rings. The number of aryl methyl sites for hydroxylation is 3. The minimum Gasteiger partial charge on any atom is -0.356 e. The van der Waals surface area contributed by atoms with E-state index >= 15 is 0 Å². The Kier molecular flexibility index (Phi) is 4.37. The molecule has 6 nitrogen and oxygen atoms in total. The maximum Gasteiger partial charge on any atom is 0.262 e. The number of fused-ring (bicyclic) bond motifs is 3. The molecule has 0 unspecified atom stereocenters. The fraction of sp³-hybridized carbons (Fsp3) is 0.588. The zero-order valence-electron chi connectivity index (χ0n) is 13.6. The molecular formula is C17H22N4O2S. The summed E-state index contributed by atoms with van der Waals surface area (Å²) in [7, 11) is 0. The Morgan fingerprint density at radius 3 is 3.00 bits per heavy atom. The topological polar surface area (TPSA) is 76.0 Å². The van der Waals surface area contributed by atoms with E-state index in [0.29, 0.717) is 18.9 Å². The standard InChI is InChI=1S/C17H22N4O2S/c22-14(19-9-11-7-18-8-11)5-6-21-10-20-16-15(17(21)23)12-3-1-2-4-13(12)24-16/h10-11,18H,1-9H2,(H,19,22). The summed E-state index contributed by atoms with van der Waals surface area (Å²) >= 11 is 1.66. The zero-order valence-corrected chi connectivity index (χ0v) is 14.5. The molecule has 0 bridgehead atoms. The van der Waals surface area contributed by atoms with Gasteiger partial charge < -0.3 is 10.6 Å². The van der Waals surface area contributed by atoms with Crippen molar-refractivity contribution in [3.05, 3.63) is 27.1 Å². The number of carbonyl (C=O) groups is 1. The molecule has 24 heavy (non-hydrogen) atoms. The van der Waals surface area contributed by atoms with E-state index in [9.17, 15) is 9.59 Å². The summed E-state index contributed by atoms with van der Waals surface area (Å²) in [6, 6.07) is 0. The van der Waals surface area contributed by atoms with Gasteiger partial charge in [0.25, 0.3) is 5.56 Å². The number of thiophene rings is 1. The summed E-state index contributed by atoms with van der Waals surface area (Å²) in [6.45, 7) is 3.06. The number of aromatic nitrogens is 2. The van der Waals surface area contributed by atoms with Crippen LogP contribution in [0.3, 0.4) is 0 Å². The third-order valence-electron chi connectivity index (χ3n) is 4.98. The van der Waals surface area contributed by atoms with Crippen LogP contribution >= 0.6 is 11.3 Å². The third kappa shape index (κ3) is 2.98. The Labute approximate surface area is 144 Å². The molecule has 0 radical (unpaired) electrons. The Bertz CT molecular complexity index is 822. The smallest absolute Gasteiger partial charge is 0.262 e. The fourth-order valence-corrected chi connectivity index (χ4v) is 4.62. The monoisotopic (exact) mass is 346 g/mol. The number of rotatable bonds is 5. The second-order valence-electron chi connectivity index (χ2n) is 6.71. The van der Waals surface area contributed by atoms with Crippen LogP contribution in [0.4, 0.5) is 0 Å². The van der Waals surface area contributed by atoms with Crippen molar-refractivity contribution < 1.29 is 4.79 Å². The van der Waals surface area contributed by atoms with Crippen LogP contribution in [0.5, 0.6) is 0 Å². The normalized spacial score (nSPS) is 17.5. The molecule has 2 aromatic rings. The Hall–Kier alpha value is -1.73. The summed E-state index contributed by atoms with van der Waals surface area (Å²) in [6.07, 6.45) is 6.30. The van der Waals surface area contributed by atoms with Crippen LogP contribution in [0.15, 0.2) is 11.1 Å². The summed E-state index contributed by atoms with van der Waals surface area (Å²) in [5.74, 6) is 0.549. The van der Waals surface area contributed by atoms with E-state index in [1.165, 1.54) is 16.9 Å². The minimum atomic E-state index is 0.00115. The van der Waals surface area contributed by atoms with Gasteiger partial charge in [0, 0.05) is 43.4 Å². The van der Waals surface area contributed by atoms with Crippen molar-refractivity contribution in [1.82, 2.24) is 20.2 Å². The van der Waals surface area contributed by atoms with Gasteiger partial charge in [0.2, 0.25) is 5.91 Å². The van der Waals surface area contributed by atoms with Crippen LogP contribution in [0.1, 0.15) is 29.7 Å². The molecule has 1 aliphatic heterocycles. The van der Waals surface area contributed by atoms with Crippen LogP contribution < -0.4 is 16.2 Å². The molecule has 4 rings (SSSR count). The van der Waals surface area contributed by atoms with Gasteiger partial charge in [0.05, 0.1) is 11.7 Å². The predicted molar refractivity (Wildman–Crippen MR) is 94.5 cm³/mol. The van der Waals surface area contributed by atoms with Crippen molar-refractivity contribution in [3.8, 4) is 0 Å². The summed E-state index contributed by atoms with van der Waals surface area (Å²) in [4.78, 5) is 31.4. The second-order valence-corrected chi connectivity index (χ2v) is 7.80. The van der Waals surface area contributed by atoms with Gasteiger partial charge in [-0.2, -0.15) is 0 Å². The number of nitrogens with one attached hydrogen (secondary N) is 2. The van der Waals surface area contributed by atoms with Gasteiger partial charge in [-0.1, -0.05) is 0 Å². The molecule has 0 aromatic carbocycles. The van der Waals surface area contributed by atoms with Gasteiger partial charge in [-0.05, 0) is 31.2 Å². The first-order valence-corrected chi connectivity index (χ1v) is 9.51. The molecule has 7 heteroatoms. The van der Waals surface area contributed by atoms with Crippen LogP contribution in [0, 0.1) is 5.92 Å². The van der Waals surface area contributed by atoms with E-state index in [4.69, 9.17) is 0 Å². The second kappa shape index (κ2) is 6.64. The lowest BCUT2D eigenvalue weighted by Gasteiger charge is -2.27. The molecule has 2 aliphatic rings. The van der Waals surface area contributed by atoms with E-state index in [-0.39, 0.29) is 11.5 Å². The number of carbonyl (C=O) groups excluding carboxylic acids is 1. The van der Waals surface area contributed by atoms with Crippen molar-refractivity contribution in [2.24, 2.45) is 5.92 Å². The molecule has 1 saturated heterocycles. The average Bonchev–Trinajstić information content (AvgIpc) is 2.92. The maximum absolute atomic E-state index is 12.8. The largest absolute Gasteiger partial charge is 0.356 e. The minimum absolute atomic E-state index is 0.00115. The highest BCUT2D eigenvalue weighted by molar-refractivity contribution is 7.18. The molecule has 0 atom stereocenters. The molecule has 3 heterocycles. The predicted octanol–water partition coefficient (Wildman–Crippen LogP) is 1.06. The first kappa shape index (κ1) is 15.8. The number of hydrogen-bond donors (Lipinski definition) is 2. The van der Waals surface area contributed by atoms with E-state index in [2.05, 4.69) is 15.6 Å². The molecule has 2 N–H and O–H groups in total. The molecule has 128 valence electrons. The van der Waals surface area contributed by atoms with Crippen LogP contribution in [0.2, 0.25) is 0 Å². The molecule has 0 spiro atoms. The van der Waals surface area contributed by atoms with Crippen LogP contribution in [-0.4, -0.2) is 35.1 Å². The highest BCUT2D eigenvalue weighted by Gasteiger charge is 2.20. The van der Waals surface area contributed by atoms with Gasteiger partial charge in [0.1, 0.15) is 4.83 Å². The first-order valence-electron chi connectivity index (χ1n) is 8.69. The zero-order chi connectivity index (χ0) is 16.5. The first-order chi connectivity index (χ1) is 11.7. The molecule has 1 amide bonds. The lowest BCUT2D eigenvalue weighted by Crippen LogP contribution is -2.48. The third-order valence-corrected chi connectivity index (χ3v) is 6.18. The summed E-state index contributed by atoms with van der Waals surface area (Å²) in [5, 5.41) is 6.92. The van der Waals surface area contributed by atoms with E-state index in [0.717, 1.165) is 49.1 Å².